The molecule has 0 amide bonds. The van der Waals surface area contributed by atoms with E-state index < -0.39 is 9.84 Å². The molecule has 0 aromatic rings. The summed E-state index contributed by atoms with van der Waals surface area (Å²) < 4.78 is 22.6. The number of hydrogen-bond acceptors (Lipinski definition) is 2. The Morgan fingerprint density at radius 1 is 0.812 bits per heavy atom. The molecule has 2 nitrogen and oxygen atoms in total. The van der Waals surface area contributed by atoms with Gasteiger partial charge in [-0.3, -0.25) is 0 Å². The first-order valence-electron chi connectivity index (χ1n) is 6.39. The molecular formula is C12H25ClO2S. The fraction of sp³-hybridized carbons (Fsp3) is 1.00. The average molecular weight is 269 g/mol. The maximum absolute atomic E-state index is 11.3. The lowest BCUT2D eigenvalue weighted by atomic mass is 10.1. The van der Waals surface area contributed by atoms with Gasteiger partial charge in [-0.25, -0.2) is 8.42 Å². The van der Waals surface area contributed by atoms with E-state index in [1.165, 1.54) is 38.5 Å². The van der Waals surface area contributed by atoms with Gasteiger partial charge in [0.1, 0.15) is 0 Å². The summed E-state index contributed by atoms with van der Waals surface area (Å²) in [7, 11) is -2.86. The fourth-order valence-electron chi connectivity index (χ4n) is 1.68. The third-order valence-electron chi connectivity index (χ3n) is 2.70. The minimum atomic E-state index is -2.86. The number of halogens is 1. The van der Waals surface area contributed by atoms with Crippen LogP contribution in [-0.4, -0.2) is 25.8 Å². The van der Waals surface area contributed by atoms with Crippen molar-refractivity contribution in [3.05, 3.63) is 0 Å². The van der Waals surface area contributed by atoms with E-state index >= 15 is 0 Å². The highest BCUT2D eigenvalue weighted by atomic mass is 35.5. The predicted molar refractivity (Wildman–Crippen MR) is 72.0 cm³/mol. The van der Waals surface area contributed by atoms with Gasteiger partial charge in [0.25, 0.3) is 0 Å². The van der Waals surface area contributed by atoms with E-state index in [2.05, 4.69) is 6.92 Å². The lowest BCUT2D eigenvalue weighted by Crippen LogP contribution is -2.11. The zero-order chi connectivity index (χ0) is 12.3. The van der Waals surface area contributed by atoms with Gasteiger partial charge in [-0.15, -0.1) is 11.6 Å². The molecule has 4 heteroatoms. The second kappa shape index (κ2) is 10.4. The second-order valence-electron chi connectivity index (χ2n) is 4.32. The normalized spacial score (nSPS) is 11.9. The van der Waals surface area contributed by atoms with Crippen LogP contribution in [0.2, 0.25) is 0 Å². The number of alkyl halides is 1. The average Bonchev–Trinajstić information content (AvgIpc) is 2.22. The van der Waals surface area contributed by atoms with E-state index in [-0.39, 0.29) is 11.6 Å². The van der Waals surface area contributed by atoms with Crippen molar-refractivity contribution >= 4 is 21.4 Å². The molecule has 0 aliphatic rings. The summed E-state index contributed by atoms with van der Waals surface area (Å²) in [6, 6.07) is 0. The zero-order valence-electron chi connectivity index (χ0n) is 10.4. The standard InChI is InChI=1S/C12H25ClO2S/c1-2-3-4-5-6-7-8-9-11-16(14,15)12-10-13/h2-12H2,1H3. The first-order valence-corrected chi connectivity index (χ1v) is 8.74. The number of rotatable bonds is 11. The molecule has 0 radical (unpaired) electrons. The van der Waals surface area contributed by atoms with Gasteiger partial charge in [-0.1, -0.05) is 51.9 Å². The van der Waals surface area contributed by atoms with Crippen LogP contribution in [0.25, 0.3) is 0 Å². The van der Waals surface area contributed by atoms with Crippen molar-refractivity contribution in [1.82, 2.24) is 0 Å². The molecule has 0 spiro atoms. The van der Waals surface area contributed by atoms with Crippen molar-refractivity contribution < 1.29 is 8.42 Å². The third-order valence-corrected chi connectivity index (χ3v) is 4.85. The number of unbranched alkanes of at least 4 members (excludes halogenated alkanes) is 7. The van der Waals surface area contributed by atoms with Gasteiger partial charge in [0.2, 0.25) is 0 Å². The SMILES string of the molecule is CCCCCCCCCCS(=O)(=O)CCCl. The monoisotopic (exact) mass is 268 g/mol. The number of sulfone groups is 1. The highest BCUT2D eigenvalue weighted by molar-refractivity contribution is 7.91. The van der Waals surface area contributed by atoms with Gasteiger partial charge in [0, 0.05) is 5.88 Å². The zero-order valence-corrected chi connectivity index (χ0v) is 12.0. The molecule has 0 saturated carbocycles. The van der Waals surface area contributed by atoms with Crippen LogP contribution in [0.4, 0.5) is 0 Å². The minimum absolute atomic E-state index is 0.130. The van der Waals surface area contributed by atoms with E-state index in [4.69, 9.17) is 11.6 Å². The van der Waals surface area contributed by atoms with Crippen molar-refractivity contribution in [2.75, 3.05) is 17.4 Å². The second-order valence-corrected chi connectivity index (χ2v) is 7.00. The Morgan fingerprint density at radius 3 is 1.81 bits per heavy atom. The van der Waals surface area contributed by atoms with Crippen LogP contribution >= 0.6 is 11.6 Å². The maximum atomic E-state index is 11.3. The lowest BCUT2D eigenvalue weighted by molar-refractivity contribution is 0.573. The van der Waals surface area contributed by atoms with Crippen molar-refractivity contribution in [2.45, 2.75) is 58.3 Å². The van der Waals surface area contributed by atoms with Crippen molar-refractivity contribution in [3.63, 3.8) is 0 Å². The van der Waals surface area contributed by atoms with Crippen molar-refractivity contribution in [3.8, 4) is 0 Å². The summed E-state index contributed by atoms with van der Waals surface area (Å²) in [5, 5.41) is 0. The molecule has 0 unspecified atom stereocenters. The van der Waals surface area contributed by atoms with E-state index in [0.717, 1.165) is 12.8 Å². The first-order chi connectivity index (χ1) is 7.62. The molecule has 0 saturated heterocycles. The largest absolute Gasteiger partial charge is 0.229 e. The fourth-order valence-corrected chi connectivity index (χ4v) is 3.46. The van der Waals surface area contributed by atoms with E-state index in [1.807, 2.05) is 0 Å². The van der Waals surface area contributed by atoms with Crippen LogP contribution in [0.3, 0.4) is 0 Å². The van der Waals surface area contributed by atoms with Gasteiger partial charge >= 0.3 is 0 Å². The Kier molecular flexibility index (Phi) is 10.6. The molecule has 0 heterocycles. The Labute approximate surface area is 106 Å². The van der Waals surface area contributed by atoms with Gasteiger partial charge in [-0.2, -0.15) is 0 Å². The molecule has 0 aromatic carbocycles. The van der Waals surface area contributed by atoms with Gasteiger partial charge in [0.05, 0.1) is 11.5 Å². The molecule has 0 aromatic heterocycles. The summed E-state index contributed by atoms with van der Waals surface area (Å²) >= 11 is 5.42. The summed E-state index contributed by atoms with van der Waals surface area (Å²) in [5.74, 6) is 0.666. The predicted octanol–water partition coefficient (Wildman–Crippen LogP) is 3.78. The van der Waals surface area contributed by atoms with E-state index in [1.54, 1.807) is 0 Å². The van der Waals surface area contributed by atoms with Crippen molar-refractivity contribution in [2.24, 2.45) is 0 Å². The van der Waals surface area contributed by atoms with Crippen molar-refractivity contribution in [1.29, 1.82) is 0 Å². The van der Waals surface area contributed by atoms with Crippen LogP contribution in [0, 0.1) is 0 Å². The molecule has 0 N–H and O–H groups in total. The van der Waals surface area contributed by atoms with Crippen LogP contribution < -0.4 is 0 Å². The van der Waals surface area contributed by atoms with Crippen LogP contribution in [-0.2, 0) is 9.84 Å². The van der Waals surface area contributed by atoms with Crippen LogP contribution in [0.15, 0.2) is 0 Å². The lowest BCUT2D eigenvalue weighted by Gasteiger charge is -2.02. The Balaban J connectivity index is 3.27. The molecule has 0 aliphatic heterocycles. The van der Waals surface area contributed by atoms with Gasteiger partial charge < -0.3 is 0 Å². The van der Waals surface area contributed by atoms with E-state index in [9.17, 15) is 8.42 Å². The van der Waals surface area contributed by atoms with E-state index in [0.29, 0.717) is 5.75 Å². The molecule has 0 atom stereocenters. The molecular weight excluding hydrogens is 244 g/mol. The summed E-state index contributed by atoms with van der Waals surface area (Å²) in [5.41, 5.74) is 0. The molecule has 0 aliphatic carbocycles. The summed E-state index contributed by atoms with van der Waals surface area (Å²) in [4.78, 5) is 0. The Bertz CT molecular complexity index is 237. The Morgan fingerprint density at radius 2 is 1.31 bits per heavy atom. The third kappa shape index (κ3) is 10.7. The molecule has 0 bridgehead atoms. The Hall–Kier alpha value is 0.240. The van der Waals surface area contributed by atoms with Gasteiger partial charge in [0.15, 0.2) is 9.84 Å². The topological polar surface area (TPSA) is 34.1 Å². The molecule has 16 heavy (non-hydrogen) atoms. The number of hydrogen-bond donors (Lipinski definition) is 0. The minimum Gasteiger partial charge on any atom is -0.229 e. The maximum Gasteiger partial charge on any atom is 0.151 e. The summed E-state index contributed by atoms with van der Waals surface area (Å²) in [6.45, 7) is 2.21. The highest BCUT2D eigenvalue weighted by Crippen LogP contribution is 2.09. The van der Waals surface area contributed by atoms with Crippen LogP contribution in [0.1, 0.15) is 58.3 Å². The quantitative estimate of drug-likeness (QED) is 0.422. The smallest absolute Gasteiger partial charge is 0.151 e. The van der Waals surface area contributed by atoms with Gasteiger partial charge in [-0.05, 0) is 6.42 Å². The van der Waals surface area contributed by atoms with Crippen LogP contribution in [0.5, 0.6) is 0 Å². The first kappa shape index (κ1) is 16.2. The molecule has 0 fully saturated rings. The highest BCUT2D eigenvalue weighted by Gasteiger charge is 2.08. The molecule has 0 rings (SSSR count). The summed E-state index contributed by atoms with van der Waals surface area (Å²) in [6.07, 6.45) is 9.46. The molecule has 98 valence electrons.